The molecule has 0 amide bonds. The normalized spacial score (nSPS) is 12.5. The molecular formula is C17H18BrFO. The lowest BCUT2D eigenvalue weighted by Crippen LogP contribution is -2.07. The summed E-state index contributed by atoms with van der Waals surface area (Å²) in [6.45, 7) is 6.10. The number of aryl methyl sites for hydroxylation is 3. The molecule has 2 aromatic carbocycles. The summed E-state index contributed by atoms with van der Waals surface area (Å²) in [5.41, 5.74) is 4.89. The van der Waals surface area contributed by atoms with Gasteiger partial charge in [0.05, 0.1) is 10.6 Å². The Morgan fingerprint density at radius 1 is 1.15 bits per heavy atom. The van der Waals surface area contributed by atoms with Crippen molar-refractivity contribution in [2.24, 2.45) is 0 Å². The molecule has 0 radical (unpaired) electrons. The molecule has 106 valence electrons. The monoisotopic (exact) mass is 336 g/mol. The van der Waals surface area contributed by atoms with Crippen LogP contribution in [0, 0.1) is 26.6 Å². The minimum Gasteiger partial charge on any atom is -0.388 e. The SMILES string of the molecule is Cc1cc(C)c(CC(O)c2cccc(Br)c2F)c(C)c1. The molecule has 0 heterocycles. The number of rotatable bonds is 3. The van der Waals surface area contributed by atoms with Crippen molar-refractivity contribution in [2.45, 2.75) is 33.3 Å². The van der Waals surface area contributed by atoms with E-state index < -0.39 is 6.10 Å². The molecule has 0 saturated carbocycles. The fourth-order valence-corrected chi connectivity index (χ4v) is 2.99. The van der Waals surface area contributed by atoms with Gasteiger partial charge in [0, 0.05) is 12.0 Å². The Kier molecular flexibility index (Phi) is 4.61. The molecule has 1 N–H and O–H groups in total. The van der Waals surface area contributed by atoms with Crippen molar-refractivity contribution in [2.75, 3.05) is 0 Å². The zero-order valence-corrected chi connectivity index (χ0v) is 13.5. The molecule has 0 fully saturated rings. The van der Waals surface area contributed by atoms with Gasteiger partial charge in [-0.3, -0.25) is 0 Å². The van der Waals surface area contributed by atoms with E-state index in [2.05, 4.69) is 28.1 Å². The molecule has 0 saturated heterocycles. The molecule has 0 spiro atoms. The number of aliphatic hydroxyl groups excluding tert-OH is 1. The van der Waals surface area contributed by atoms with Crippen LogP contribution in [0.25, 0.3) is 0 Å². The molecule has 2 rings (SSSR count). The molecule has 0 aliphatic heterocycles. The third-order valence-corrected chi connectivity index (χ3v) is 4.19. The summed E-state index contributed by atoms with van der Waals surface area (Å²) in [7, 11) is 0. The van der Waals surface area contributed by atoms with Gasteiger partial charge in [-0.1, -0.05) is 29.8 Å². The highest BCUT2D eigenvalue weighted by Gasteiger charge is 2.17. The maximum atomic E-state index is 14.0. The highest BCUT2D eigenvalue weighted by atomic mass is 79.9. The average molecular weight is 337 g/mol. The fraction of sp³-hybridized carbons (Fsp3) is 0.294. The van der Waals surface area contributed by atoms with Crippen LogP contribution in [0.1, 0.15) is 33.9 Å². The van der Waals surface area contributed by atoms with Crippen molar-refractivity contribution in [3.05, 3.63) is 68.4 Å². The first-order chi connectivity index (χ1) is 9.40. The fourth-order valence-electron chi connectivity index (χ4n) is 2.61. The van der Waals surface area contributed by atoms with Crippen LogP contribution >= 0.6 is 15.9 Å². The summed E-state index contributed by atoms with van der Waals surface area (Å²) in [6, 6.07) is 9.18. The van der Waals surface area contributed by atoms with Crippen LogP contribution in [0.2, 0.25) is 0 Å². The lowest BCUT2D eigenvalue weighted by atomic mass is 9.93. The van der Waals surface area contributed by atoms with Crippen molar-refractivity contribution in [1.82, 2.24) is 0 Å². The Morgan fingerprint density at radius 2 is 1.75 bits per heavy atom. The van der Waals surface area contributed by atoms with Crippen molar-refractivity contribution in [3.63, 3.8) is 0 Å². The number of hydrogen-bond donors (Lipinski definition) is 1. The van der Waals surface area contributed by atoms with Gasteiger partial charge >= 0.3 is 0 Å². The molecule has 3 heteroatoms. The summed E-state index contributed by atoms with van der Waals surface area (Å²) in [6.07, 6.45) is -0.418. The van der Waals surface area contributed by atoms with Crippen molar-refractivity contribution in [1.29, 1.82) is 0 Å². The lowest BCUT2D eigenvalue weighted by Gasteiger charge is -2.17. The van der Waals surface area contributed by atoms with Crippen molar-refractivity contribution in [3.8, 4) is 0 Å². The Balaban J connectivity index is 2.33. The van der Waals surface area contributed by atoms with Gasteiger partial charge in [0.2, 0.25) is 0 Å². The molecule has 0 aliphatic rings. The molecule has 20 heavy (non-hydrogen) atoms. The second kappa shape index (κ2) is 6.06. The van der Waals surface area contributed by atoms with E-state index in [9.17, 15) is 9.50 Å². The first-order valence-corrected chi connectivity index (χ1v) is 7.38. The van der Waals surface area contributed by atoms with Gasteiger partial charge in [-0.2, -0.15) is 0 Å². The summed E-state index contributed by atoms with van der Waals surface area (Å²) in [4.78, 5) is 0. The van der Waals surface area contributed by atoms with E-state index in [0.717, 1.165) is 16.7 Å². The second-order valence-electron chi connectivity index (χ2n) is 5.24. The predicted molar refractivity (Wildman–Crippen MR) is 83.4 cm³/mol. The number of benzene rings is 2. The maximum absolute atomic E-state index is 14.0. The zero-order valence-electron chi connectivity index (χ0n) is 11.9. The topological polar surface area (TPSA) is 20.2 Å². The van der Waals surface area contributed by atoms with Gasteiger partial charge in [-0.15, -0.1) is 0 Å². The number of halogens is 2. The van der Waals surface area contributed by atoms with E-state index in [0.29, 0.717) is 16.5 Å². The first-order valence-electron chi connectivity index (χ1n) is 6.59. The summed E-state index contributed by atoms with van der Waals surface area (Å²) in [5.74, 6) is -0.387. The second-order valence-corrected chi connectivity index (χ2v) is 6.09. The van der Waals surface area contributed by atoms with E-state index in [1.807, 2.05) is 20.8 Å². The van der Waals surface area contributed by atoms with E-state index in [4.69, 9.17) is 0 Å². The Bertz CT molecular complexity index is 614. The maximum Gasteiger partial charge on any atom is 0.143 e. The Hall–Kier alpha value is -1.19. The highest BCUT2D eigenvalue weighted by Crippen LogP contribution is 2.28. The number of hydrogen-bond acceptors (Lipinski definition) is 1. The Labute approximate surface area is 127 Å². The van der Waals surface area contributed by atoms with Crippen LogP contribution in [0.4, 0.5) is 4.39 Å². The van der Waals surface area contributed by atoms with Crippen LogP contribution in [-0.4, -0.2) is 5.11 Å². The third kappa shape index (κ3) is 3.10. The van der Waals surface area contributed by atoms with Crippen LogP contribution < -0.4 is 0 Å². The van der Waals surface area contributed by atoms with E-state index in [1.165, 1.54) is 5.56 Å². The number of aliphatic hydroxyl groups is 1. The lowest BCUT2D eigenvalue weighted by molar-refractivity contribution is 0.173. The molecule has 0 aliphatic carbocycles. The summed E-state index contributed by atoms with van der Waals surface area (Å²) in [5, 5.41) is 10.3. The summed E-state index contributed by atoms with van der Waals surface area (Å²) < 4.78 is 14.4. The minimum atomic E-state index is -0.840. The largest absolute Gasteiger partial charge is 0.388 e. The molecule has 1 unspecified atom stereocenters. The highest BCUT2D eigenvalue weighted by molar-refractivity contribution is 9.10. The quantitative estimate of drug-likeness (QED) is 0.854. The van der Waals surface area contributed by atoms with Gasteiger partial charge in [-0.25, -0.2) is 4.39 Å². The van der Waals surface area contributed by atoms with Crippen LogP contribution in [0.3, 0.4) is 0 Å². The van der Waals surface area contributed by atoms with Gasteiger partial charge in [0.15, 0.2) is 0 Å². The predicted octanol–water partition coefficient (Wildman–Crippen LogP) is 4.79. The van der Waals surface area contributed by atoms with E-state index in [1.54, 1.807) is 18.2 Å². The van der Waals surface area contributed by atoms with Crippen molar-refractivity contribution >= 4 is 15.9 Å². The van der Waals surface area contributed by atoms with Crippen LogP contribution in [-0.2, 0) is 6.42 Å². The van der Waals surface area contributed by atoms with Crippen LogP contribution in [0.5, 0.6) is 0 Å². The molecule has 1 nitrogen and oxygen atoms in total. The first kappa shape index (κ1) is 15.2. The average Bonchev–Trinajstić information content (AvgIpc) is 2.36. The van der Waals surface area contributed by atoms with Gasteiger partial charge in [0.25, 0.3) is 0 Å². The van der Waals surface area contributed by atoms with Gasteiger partial charge in [-0.05, 0) is 59.5 Å². The molecular weight excluding hydrogens is 319 g/mol. The zero-order chi connectivity index (χ0) is 14.9. The standard InChI is InChI=1S/C17H18BrFO/c1-10-7-11(2)14(12(3)8-10)9-16(20)13-5-4-6-15(18)17(13)19/h4-8,16,20H,9H2,1-3H3. The van der Waals surface area contributed by atoms with E-state index in [-0.39, 0.29) is 5.82 Å². The van der Waals surface area contributed by atoms with Crippen LogP contribution in [0.15, 0.2) is 34.8 Å². The van der Waals surface area contributed by atoms with Gasteiger partial charge in [0.1, 0.15) is 5.82 Å². The Morgan fingerprint density at radius 3 is 2.35 bits per heavy atom. The molecule has 0 aromatic heterocycles. The summed E-state index contributed by atoms with van der Waals surface area (Å²) >= 11 is 3.15. The third-order valence-electron chi connectivity index (χ3n) is 3.58. The molecule has 1 atom stereocenters. The smallest absolute Gasteiger partial charge is 0.143 e. The van der Waals surface area contributed by atoms with Gasteiger partial charge < -0.3 is 5.11 Å². The molecule has 0 bridgehead atoms. The van der Waals surface area contributed by atoms with E-state index >= 15 is 0 Å². The molecule has 2 aromatic rings. The van der Waals surface area contributed by atoms with Crippen molar-refractivity contribution < 1.29 is 9.50 Å². The minimum absolute atomic E-state index is 0.332.